The molecule has 0 aromatic rings. The molecular formula is C5H8INOS. The first kappa shape index (κ1) is 7.65. The lowest BCUT2D eigenvalue weighted by atomic mass is 10.0. The molecule has 0 aromatic carbocycles. The third-order valence-electron chi connectivity index (χ3n) is 1.40. The largest absolute Gasteiger partial charge is 0.289 e. The Morgan fingerprint density at radius 1 is 1.67 bits per heavy atom. The minimum Gasteiger partial charge on any atom is -0.289 e. The van der Waals surface area contributed by atoms with Gasteiger partial charge in [0.25, 0.3) is 5.24 Å². The molecule has 1 rings (SSSR count). The Kier molecular flexibility index (Phi) is 3.11. The van der Waals surface area contributed by atoms with Gasteiger partial charge in [0, 0.05) is 5.25 Å². The highest BCUT2D eigenvalue weighted by Gasteiger charge is 2.20. The Morgan fingerprint density at radius 2 is 2.33 bits per heavy atom. The number of halogens is 1. The molecule has 0 aromatic heterocycles. The molecule has 1 saturated carbocycles. The van der Waals surface area contributed by atoms with E-state index >= 15 is 0 Å². The predicted octanol–water partition coefficient (Wildman–Crippen LogP) is 2.33. The van der Waals surface area contributed by atoms with Crippen molar-refractivity contribution in [2.75, 3.05) is 0 Å². The van der Waals surface area contributed by atoms with E-state index in [0.29, 0.717) is 5.25 Å². The van der Waals surface area contributed by atoms with Crippen LogP contribution < -0.4 is 3.53 Å². The summed E-state index contributed by atoms with van der Waals surface area (Å²) < 4.78 is 2.56. The highest BCUT2D eigenvalue weighted by Crippen LogP contribution is 2.31. The molecule has 1 fully saturated rings. The van der Waals surface area contributed by atoms with Crippen molar-refractivity contribution in [2.24, 2.45) is 0 Å². The molecule has 0 unspecified atom stereocenters. The molecule has 4 heteroatoms. The van der Waals surface area contributed by atoms with Crippen LogP contribution in [-0.2, 0) is 0 Å². The fraction of sp³-hybridized carbons (Fsp3) is 0.800. The molecule has 1 N–H and O–H groups in total. The van der Waals surface area contributed by atoms with Gasteiger partial charge in [0.1, 0.15) is 0 Å². The van der Waals surface area contributed by atoms with Crippen LogP contribution in [-0.4, -0.2) is 10.5 Å². The molecule has 2 nitrogen and oxygen atoms in total. The summed E-state index contributed by atoms with van der Waals surface area (Å²) in [6.45, 7) is 0. The Morgan fingerprint density at radius 3 is 2.67 bits per heavy atom. The van der Waals surface area contributed by atoms with Gasteiger partial charge in [0.2, 0.25) is 0 Å². The fourth-order valence-corrected chi connectivity index (χ4v) is 1.96. The van der Waals surface area contributed by atoms with E-state index in [0.717, 1.165) is 0 Å². The monoisotopic (exact) mass is 257 g/mol. The third kappa shape index (κ3) is 2.33. The first-order chi connectivity index (χ1) is 4.33. The highest BCUT2D eigenvalue weighted by atomic mass is 127. The summed E-state index contributed by atoms with van der Waals surface area (Å²) in [5, 5.41) is 0.708. The molecule has 9 heavy (non-hydrogen) atoms. The van der Waals surface area contributed by atoms with Crippen molar-refractivity contribution >= 4 is 39.9 Å². The van der Waals surface area contributed by atoms with Gasteiger partial charge in [-0.15, -0.1) is 0 Å². The van der Waals surface area contributed by atoms with Gasteiger partial charge in [-0.05, 0) is 12.8 Å². The van der Waals surface area contributed by atoms with Crippen molar-refractivity contribution in [3.05, 3.63) is 0 Å². The number of carbonyl (C=O) groups excluding carboxylic acids is 1. The highest BCUT2D eigenvalue weighted by molar-refractivity contribution is 14.1. The van der Waals surface area contributed by atoms with Crippen molar-refractivity contribution in [1.82, 2.24) is 3.53 Å². The van der Waals surface area contributed by atoms with E-state index in [9.17, 15) is 4.79 Å². The van der Waals surface area contributed by atoms with E-state index in [1.165, 1.54) is 31.0 Å². The second-order valence-electron chi connectivity index (χ2n) is 2.05. The molecule has 0 radical (unpaired) electrons. The Labute approximate surface area is 72.6 Å². The SMILES string of the molecule is O=C(NI)SC1CCC1. The molecule has 0 spiro atoms. The summed E-state index contributed by atoms with van der Waals surface area (Å²) >= 11 is 3.30. The van der Waals surface area contributed by atoms with Crippen LogP contribution in [0.5, 0.6) is 0 Å². The number of hydrogen-bond donors (Lipinski definition) is 1. The summed E-state index contributed by atoms with van der Waals surface area (Å²) in [5.41, 5.74) is 0. The van der Waals surface area contributed by atoms with Gasteiger partial charge in [-0.1, -0.05) is 18.2 Å². The molecule has 1 aliphatic rings. The summed E-state index contributed by atoms with van der Waals surface area (Å²) in [7, 11) is 0. The van der Waals surface area contributed by atoms with Gasteiger partial charge in [-0.2, -0.15) is 0 Å². The van der Waals surface area contributed by atoms with Gasteiger partial charge in [-0.3, -0.25) is 8.32 Å². The molecule has 0 aliphatic heterocycles. The standard InChI is InChI=1S/C5H8INOS/c6-7-5(8)9-4-2-1-3-4/h4H,1-3H2,(H,7,8). The van der Waals surface area contributed by atoms with Crippen LogP contribution >= 0.6 is 34.6 Å². The van der Waals surface area contributed by atoms with Crippen LogP contribution in [0.25, 0.3) is 0 Å². The average Bonchev–Trinajstić information content (AvgIpc) is 1.78. The van der Waals surface area contributed by atoms with Crippen molar-refractivity contribution in [3.8, 4) is 0 Å². The van der Waals surface area contributed by atoms with Crippen LogP contribution in [0, 0.1) is 0 Å². The summed E-state index contributed by atoms with van der Waals surface area (Å²) in [5.74, 6) is 0. The zero-order valence-corrected chi connectivity index (χ0v) is 7.87. The Hall–Kier alpha value is 0.550. The predicted molar refractivity (Wildman–Crippen MR) is 47.8 cm³/mol. The van der Waals surface area contributed by atoms with E-state index in [1.54, 1.807) is 0 Å². The van der Waals surface area contributed by atoms with Crippen LogP contribution in [0.2, 0.25) is 0 Å². The minimum atomic E-state index is 0.0975. The maximum absolute atomic E-state index is 10.7. The van der Waals surface area contributed by atoms with Crippen molar-refractivity contribution in [1.29, 1.82) is 0 Å². The van der Waals surface area contributed by atoms with Gasteiger partial charge in [0.15, 0.2) is 0 Å². The number of amides is 1. The van der Waals surface area contributed by atoms with Crippen molar-refractivity contribution in [2.45, 2.75) is 24.5 Å². The first-order valence-electron chi connectivity index (χ1n) is 2.90. The number of hydrogen-bond acceptors (Lipinski definition) is 2. The van der Waals surface area contributed by atoms with Crippen molar-refractivity contribution in [3.63, 3.8) is 0 Å². The van der Waals surface area contributed by atoms with E-state index < -0.39 is 0 Å². The van der Waals surface area contributed by atoms with Gasteiger partial charge < -0.3 is 0 Å². The quantitative estimate of drug-likeness (QED) is 0.577. The fourth-order valence-electron chi connectivity index (χ4n) is 0.662. The number of nitrogens with one attached hydrogen (secondary N) is 1. The lowest BCUT2D eigenvalue weighted by molar-refractivity contribution is 0.265. The van der Waals surface area contributed by atoms with E-state index in [2.05, 4.69) is 3.53 Å². The minimum absolute atomic E-state index is 0.0975. The second kappa shape index (κ2) is 3.65. The average molecular weight is 257 g/mol. The molecule has 0 bridgehead atoms. The van der Waals surface area contributed by atoms with E-state index in [1.807, 2.05) is 22.9 Å². The van der Waals surface area contributed by atoms with Crippen LogP contribution in [0.4, 0.5) is 4.79 Å². The maximum Gasteiger partial charge on any atom is 0.287 e. The van der Waals surface area contributed by atoms with E-state index in [4.69, 9.17) is 0 Å². The summed E-state index contributed by atoms with van der Waals surface area (Å²) in [4.78, 5) is 10.7. The molecule has 0 heterocycles. The lowest BCUT2D eigenvalue weighted by Gasteiger charge is -2.22. The summed E-state index contributed by atoms with van der Waals surface area (Å²) in [6, 6.07) is 0. The first-order valence-corrected chi connectivity index (χ1v) is 4.86. The summed E-state index contributed by atoms with van der Waals surface area (Å²) in [6.07, 6.45) is 3.73. The second-order valence-corrected chi connectivity index (χ2v) is 3.87. The number of carbonyl (C=O) groups is 1. The number of thioether (sulfide) groups is 1. The van der Waals surface area contributed by atoms with Gasteiger partial charge >= 0.3 is 0 Å². The topological polar surface area (TPSA) is 29.1 Å². The van der Waals surface area contributed by atoms with E-state index in [-0.39, 0.29) is 5.24 Å². The van der Waals surface area contributed by atoms with Gasteiger partial charge in [-0.25, -0.2) is 0 Å². The Balaban J connectivity index is 2.09. The normalized spacial score (nSPS) is 18.8. The number of rotatable bonds is 1. The molecule has 1 amide bonds. The third-order valence-corrected chi connectivity index (χ3v) is 3.38. The lowest BCUT2D eigenvalue weighted by Crippen LogP contribution is -2.18. The maximum atomic E-state index is 10.7. The smallest absolute Gasteiger partial charge is 0.287 e. The molecule has 0 saturated heterocycles. The zero-order valence-electron chi connectivity index (χ0n) is 4.89. The van der Waals surface area contributed by atoms with Crippen molar-refractivity contribution < 1.29 is 4.79 Å². The van der Waals surface area contributed by atoms with Gasteiger partial charge in [0.05, 0.1) is 22.9 Å². The van der Waals surface area contributed by atoms with Crippen LogP contribution in [0.15, 0.2) is 0 Å². The Bertz CT molecular complexity index is 116. The molecule has 1 aliphatic carbocycles. The molecular weight excluding hydrogens is 249 g/mol. The van der Waals surface area contributed by atoms with Crippen LogP contribution in [0.3, 0.4) is 0 Å². The molecule has 0 atom stereocenters. The zero-order chi connectivity index (χ0) is 6.69. The molecule has 52 valence electrons. The van der Waals surface area contributed by atoms with Crippen LogP contribution in [0.1, 0.15) is 19.3 Å².